The van der Waals surface area contributed by atoms with Gasteiger partial charge in [0.1, 0.15) is 12.3 Å². The van der Waals surface area contributed by atoms with Gasteiger partial charge in [0.25, 0.3) is 10.0 Å². The number of anilines is 2. The standard InChI is InChI=1S/C26H27ClN2O4S/c1-19-24(27)12-7-13-25(19)29(34(31,32)23-10-3-2-4-11-23)18-26(30)28-20-14-16-22(17-15-20)33-21-8-5-6-9-21/h2-4,7,10-17,21H,5-6,8-9,18H2,1H3,(H,28,30). The van der Waals surface area contributed by atoms with Gasteiger partial charge in [0, 0.05) is 10.7 Å². The van der Waals surface area contributed by atoms with Gasteiger partial charge in [-0.05, 0) is 86.7 Å². The summed E-state index contributed by atoms with van der Waals surface area (Å²) in [6.45, 7) is 1.32. The highest BCUT2D eigenvalue weighted by atomic mass is 35.5. The molecule has 1 N–H and O–H groups in total. The second kappa shape index (κ2) is 10.5. The number of ether oxygens (including phenoxy) is 1. The summed E-state index contributed by atoms with van der Waals surface area (Å²) in [5, 5.41) is 3.21. The highest BCUT2D eigenvalue weighted by molar-refractivity contribution is 7.92. The fourth-order valence-electron chi connectivity index (χ4n) is 4.03. The molecule has 0 heterocycles. The predicted molar refractivity (Wildman–Crippen MR) is 135 cm³/mol. The Hall–Kier alpha value is -3.03. The van der Waals surface area contributed by atoms with Crippen LogP contribution in [0.1, 0.15) is 31.2 Å². The summed E-state index contributed by atoms with van der Waals surface area (Å²) in [6, 6.07) is 20.2. The number of hydrogen-bond acceptors (Lipinski definition) is 4. The summed E-state index contributed by atoms with van der Waals surface area (Å²) in [6.07, 6.45) is 4.75. The van der Waals surface area contributed by atoms with E-state index in [4.69, 9.17) is 16.3 Å². The third kappa shape index (κ3) is 5.54. The van der Waals surface area contributed by atoms with E-state index in [1.165, 1.54) is 25.0 Å². The normalized spacial score (nSPS) is 14.1. The Kier molecular flexibility index (Phi) is 7.44. The molecule has 6 nitrogen and oxygen atoms in total. The van der Waals surface area contributed by atoms with Crippen LogP contribution in [0.4, 0.5) is 11.4 Å². The summed E-state index contributed by atoms with van der Waals surface area (Å²) >= 11 is 6.26. The number of nitrogens with zero attached hydrogens (tertiary/aromatic N) is 1. The Morgan fingerprint density at radius 3 is 2.35 bits per heavy atom. The number of sulfonamides is 1. The van der Waals surface area contributed by atoms with Crippen molar-refractivity contribution < 1.29 is 17.9 Å². The molecule has 0 aliphatic heterocycles. The smallest absolute Gasteiger partial charge is 0.264 e. The molecule has 0 unspecified atom stereocenters. The number of nitrogens with one attached hydrogen (secondary N) is 1. The van der Waals surface area contributed by atoms with Gasteiger partial charge in [0.15, 0.2) is 0 Å². The molecule has 0 atom stereocenters. The van der Waals surface area contributed by atoms with Crippen LogP contribution in [0, 0.1) is 6.92 Å². The van der Waals surface area contributed by atoms with Gasteiger partial charge < -0.3 is 10.1 Å². The van der Waals surface area contributed by atoms with E-state index in [1.807, 2.05) is 12.1 Å². The summed E-state index contributed by atoms with van der Waals surface area (Å²) in [7, 11) is -4.01. The first-order valence-corrected chi connectivity index (χ1v) is 13.1. The van der Waals surface area contributed by atoms with Crippen LogP contribution in [0.5, 0.6) is 5.75 Å². The minimum atomic E-state index is -4.01. The minimum Gasteiger partial charge on any atom is -0.490 e. The van der Waals surface area contributed by atoms with Crippen molar-refractivity contribution in [2.24, 2.45) is 0 Å². The Labute approximate surface area is 205 Å². The van der Waals surface area contributed by atoms with E-state index in [1.54, 1.807) is 55.5 Å². The molecule has 1 saturated carbocycles. The molecule has 0 aromatic heterocycles. The van der Waals surface area contributed by atoms with Crippen molar-refractivity contribution in [3.63, 3.8) is 0 Å². The largest absolute Gasteiger partial charge is 0.490 e. The number of benzene rings is 3. The molecule has 34 heavy (non-hydrogen) atoms. The highest BCUT2D eigenvalue weighted by Gasteiger charge is 2.28. The minimum absolute atomic E-state index is 0.0931. The average Bonchev–Trinajstić information content (AvgIpc) is 3.34. The van der Waals surface area contributed by atoms with Crippen LogP contribution < -0.4 is 14.4 Å². The molecular formula is C26H27ClN2O4S. The quantitative estimate of drug-likeness (QED) is 0.425. The fraction of sp³-hybridized carbons (Fsp3) is 0.269. The second-order valence-corrected chi connectivity index (χ2v) is 10.6. The first kappa shape index (κ1) is 24.1. The van der Waals surface area contributed by atoms with E-state index >= 15 is 0 Å². The van der Waals surface area contributed by atoms with E-state index < -0.39 is 22.5 Å². The highest BCUT2D eigenvalue weighted by Crippen LogP contribution is 2.31. The molecule has 0 bridgehead atoms. The Bertz CT molecular complexity index is 1240. The summed E-state index contributed by atoms with van der Waals surface area (Å²) < 4.78 is 34.0. The molecule has 3 aromatic rings. The van der Waals surface area contributed by atoms with E-state index in [0.29, 0.717) is 22.0 Å². The molecule has 1 aliphatic rings. The van der Waals surface area contributed by atoms with Crippen LogP contribution in [0.3, 0.4) is 0 Å². The lowest BCUT2D eigenvalue weighted by atomic mass is 10.2. The maximum absolute atomic E-state index is 13.5. The average molecular weight is 499 g/mol. The van der Waals surface area contributed by atoms with Crippen molar-refractivity contribution in [1.82, 2.24) is 0 Å². The van der Waals surface area contributed by atoms with E-state index in [9.17, 15) is 13.2 Å². The number of carbonyl (C=O) groups is 1. The van der Waals surface area contributed by atoms with Crippen molar-refractivity contribution >= 4 is 38.9 Å². The third-order valence-corrected chi connectivity index (χ3v) is 8.05. The van der Waals surface area contributed by atoms with E-state index in [2.05, 4.69) is 5.32 Å². The Morgan fingerprint density at radius 2 is 1.68 bits per heavy atom. The second-order valence-electron chi connectivity index (χ2n) is 8.31. The van der Waals surface area contributed by atoms with Gasteiger partial charge in [-0.25, -0.2) is 8.42 Å². The monoisotopic (exact) mass is 498 g/mol. The van der Waals surface area contributed by atoms with Crippen LogP contribution in [0.15, 0.2) is 77.7 Å². The topological polar surface area (TPSA) is 75.7 Å². The van der Waals surface area contributed by atoms with Crippen molar-refractivity contribution in [2.45, 2.75) is 43.6 Å². The van der Waals surface area contributed by atoms with Gasteiger partial charge in [-0.3, -0.25) is 9.10 Å². The van der Waals surface area contributed by atoms with Crippen LogP contribution >= 0.6 is 11.6 Å². The maximum Gasteiger partial charge on any atom is 0.264 e. The Balaban J connectivity index is 1.54. The molecule has 1 aliphatic carbocycles. The van der Waals surface area contributed by atoms with Gasteiger partial charge in [0.2, 0.25) is 5.91 Å². The number of amides is 1. The first-order chi connectivity index (χ1) is 16.3. The summed E-state index contributed by atoms with van der Waals surface area (Å²) in [5.41, 5.74) is 1.49. The van der Waals surface area contributed by atoms with Crippen molar-refractivity contribution in [3.8, 4) is 5.75 Å². The molecule has 0 radical (unpaired) electrons. The molecular weight excluding hydrogens is 472 g/mol. The SMILES string of the molecule is Cc1c(Cl)cccc1N(CC(=O)Nc1ccc(OC2CCCC2)cc1)S(=O)(=O)c1ccccc1. The lowest BCUT2D eigenvalue weighted by Crippen LogP contribution is -2.38. The first-order valence-electron chi connectivity index (χ1n) is 11.2. The predicted octanol–water partition coefficient (Wildman–Crippen LogP) is 5.80. The van der Waals surface area contributed by atoms with Gasteiger partial charge in [-0.1, -0.05) is 35.9 Å². The van der Waals surface area contributed by atoms with Crippen LogP contribution in [-0.2, 0) is 14.8 Å². The van der Waals surface area contributed by atoms with Gasteiger partial charge in [-0.2, -0.15) is 0 Å². The number of rotatable bonds is 8. The lowest BCUT2D eigenvalue weighted by Gasteiger charge is -2.26. The summed E-state index contributed by atoms with van der Waals surface area (Å²) in [4.78, 5) is 13.0. The number of hydrogen-bond donors (Lipinski definition) is 1. The van der Waals surface area contributed by atoms with Crippen LogP contribution in [0.2, 0.25) is 5.02 Å². The third-order valence-electron chi connectivity index (χ3n) is 5.87. The number of halogens is 1. The molecule has 3 aromatic carbocycles. The van der Waals surface area contributed by atoms with Gasteiger partial charge in [0.05, 0.1) is 16.7 Å². The Morgan fingerprint density at radius 1 is 1.00 bits per heavy atom. The van der Waals surface area contributed by atoms with E-state index in [-0.39, 0.29) is 11.0 Å². The molecule has 1 amide bonds. The zero-order chi connectivity index (χ0) is 24.1. The zero-order valence-electron chi connectivity index (χ0n) is 18.9. The molecule has 8 heteroatoms. The molecule has 4 rings (SSSR count). The van der Waals surface area contributed by atoms with Gasteiger partial charge >= 0.3 is 0 Å². The van der Waals surface area contributed by atoms with Crippen molar-refractivity contribution in [1.29, 1.82) is 0 Å². The maximum atomic E-state index is 13.5. The van der Waals surface area contributed by atoms with Crippen molar-refractivity contribution in [3.05, 3.63) is 83.4 Å². The van der Waals surface area contributed by atoms with Crippen LogP contribution in [-0.4, -0.2) is 27.0 Å². The zero-order valence-corrected chi connectivity index (χ0v) is 20.5. The molecule has 0 saturated heterocycles. The lowest BCUT2D eigenvalue weighted by molar-refractivity contribution is -0.114. The van der Waals surface area contributed by atoms with Crippen LogP contribution in [0.25, 0.3) is 0 Å². The molecule has 178 valence electrons. The summed E-state index contributed by atoms with van der Waals surface area (Å²) in [5.74, 6) is 0.288. The molecule has 1 fully saturated rings. The molecule has 0 spiro atoms. The number of carbonyl (C=O) groups excluding carboxylic acids is 1. The van der Waals surface area contributed by atoms with E-state index in [0.717, 1.165) is 22.9 Å². The van der Waals surface area contributed by atoms with Gasteiger partial charge in [-0.15, -0.1) is 0 Å². The van der Waals surface area contributed by atoms with Crippen molar-refractivity contribution in [2.75, 3.05) is 16.2 Å². The fourth-order valence-corrected chi connectivity index (χ4v) is 5.70.